The molecule has 198 valence electrons. The van der Waals surface area contributed by atoms with Crippen LogP contribution in [0.15, 0.2) is 0 Å². The fraction of sp³-hybridized carbons (Fsp3) is 0.783. The number of amides is 4. The van der Waals surface area contributed by atoms with Crippen LogP contribution in [0, 0.1) is 10.8 Å². The molecule has 3 atom stereocenters. The molecule has 2 aliphatic rings. The molecular formula is C23H36F2N4O6. The fourth-order valence-electron chi connectivity index (χ4n) is 4.72. The van der Waals surface area contributed by atoms with E-state index in [9.17, 15) is 37.9 Å². The minimum atomic E-state index is -3.11. The second-order valence-corrected chi connectivity index (χ2v) is 10.9. The molecule has 0 aromatic rings. The summed E-state index contributed by atoms with van der Waals surface area (Å²) < 4.78 is 26.9. The van der Waals surface area contributed by atoms with E-state index in [0.717, 1.165) is 19.3 Å². The van der Waals surface area contributed by atoms with Crippen LogP contribution in [-0.4, -0.2) is 77.2 Å². The Morgan fingerprint density at radius 2 is 1.69 bits per heavy atom. The Hall–Kier alpha value is -2.79. The molecule has 2 fully saturated rings. The van der Waals surface area contributed by atoms with E-state index >= 15 is 0 Å². The van der Waals surface area contributed by atoms with Crippen LogP contribution in [0.4, 0.5) is 13.6 Å². The molecule has 1 saturated heterocycles. The molecule has 12 heteroatoms. The summed E-state index contributed by atoms with van der Waals surface area (Å²) in [5, 5.41) is 16.1. The van der Waals surface area contributed by atoms with Crippen LogP contribution in [0.2, 0.25) is 0 Å². The van der Waals surface area contributed by atoms with Gasteiger partial charge >= 0.3 is 6.09 Å². The first-order valence-corrected chi connectivity index (χ1v) is 11.7. The van der Waals surface area contributed by atoms with Gasteiger partial charge in [0.25, 0.3) is 5.91 Å². The molecule has 2 rings (SSSR count). The highest BCUT2D eigenvalue weighted by Crippen LogP contribution is 2.50. The minimum absolute atomic E-state index is 0.249. The summed E-state index contributed by atoms with van der Waals surface area (Å²) in [6.45, 7) is 6.01. The lowest BCUT2D eigenvalue weighted by atomic mass is 9.67. The molecule has 1 aliphatic carbocycles. The molecule has 0 radical (unpaired) electrons. The second-order valence-electron chi connectivity index (χ2n) is 10.9. The number of nitrogens with zero attached hydrogens (tertiary/aromatic N) is 1. The lowest BCUT2D eigenvalue weighted by molar-refractivity contribution is -0.144. The normalized spacial score (nSPS) is 21.0. The van der Waals surface area contributed by atoms with Crippen molar-refractivity contribution in [1.29, 1.82) is 0 Å². The molecule has 1 spiro atoms. The van der Waals surface area contributed by atoms with Gasteiger partial charge in [-0.15, -0.1) is 0 Å². The zero-order chi connectivity index (χ0) is 26.8. The summed E-state index contributed by atoms with van der Waals surface area (Å²) in [7, 11) is 1.22. The number of Topliss-reactive ketones (excluding diaryl/α,β-unsaturated/α-hetero) is 1. The zero-order valence-electron chi connectivity index (χ0n) is 20.9. The van der Waals surface area contributed by atoms with Gasteiger partial charge in [-0.1, -0.05) is 27.2 Å². The first kappa shape index (κ1) is 28.4. The first-order chi connectivity index (χ1) is 16.0. The number of carbonyl (C=O) groups excluding carboxylic acids is 4. The van der Waals surface area contributed by atoms with Crippen molar-refractivity contribution < 1.29 is 37.9 Å². The highest BCUT2D eigenvalue weighted by Gasteiger charge is 2.53. The maximum atomic E-state index is 13.5. The van der Waals surface area contributed by atoms with Gasteiger partial charge in [0.15, 0.2) is 0 Å². The molecule has 35 heavy (non-hydrogen) atoms. The number of likely N-dealkylation sites (N-methyl/N-ethyl adjacent to an activating group) is 1. The highest BCUT2D eigenvalue weighted by atomic mass is 19.3. The standard InChI is InChI=1S/C23H36F2N4O6/c1-21(2,3)16(28-20(34)35)19(33)29-12-23(8-6-9-23)11-14(29)17(31)27-13(7-10-22(4,24)25)15(30)18(32)26-5/h13-14,16,28H,6-12H2,1-5H3,(H,26,32)(H,27,31)(H,34,35). The Kier molecular flexibility index (Phi) is 8.49. The van der Waals surface area contributed by atoms with Crippen molar-refractivity contribution in [2.45, 2.75) is 90.3 Å². The molecule has 10 nitrogen and oxygen atoms in total. The van der Waals surface area contributed by atoms with Gasteiger partial charge in [0, 0.05) is 20.0 Å². The largest absolute Gasteiger partial charge is 0.465 e. The van der Waals surface area contributed by atoms with Crippen molar-refractivity contribution >= 4 is 29.6 Å². The van der Waals surface area contributed by atoms with Gasteiger partial charge in [-0.05, 0) is 43.4 Å². The Labute approximate surface area is 203 Å². The molecule has 4 N–H and O–H groups in total. The SMILES string of the molecule is CNC(=O)C(=O)C(CCC(C)(F)F)NC(=O)C1CC2(CCC2)CN1C(=O)C(NC(=O)O)C(C)(C)C. The van der Waals surface area contributed by atoms with Crippen LogP contribution >= 0.6 is 0 Å². The maximum Gasteiger partial charge on any atom is 0.405 e. The fourth-order valence-corrected chi connectivity index (χ4v) is 4.72. The van der Waals surface area contributed by atoms with Crippen LogP contribution in [-0.2, 0) is 19.2 Å². The van der Waals surface area contributed by atoms with E-state index < -0.39 is 71.9 Å². The molecule has 3 unspecified atom stereocenters. The van der Waals surface area contributed by atoms with E-state index in [4.69, 9.17) is 0 Å². The van der Waals surface area contributed by atoms with Gasteiger partial charge < -0.3 is 26.0 Å². The molecule has 0 bridgehead atoms. The summed E-state index contributed by atoms with van der Waals surface area (Å²) in [5.74, 6) is -6.49. The summed E-state index contributed by atoms with van der Waals surface area (Å²) in [6.07, 6.45) is 0.236. The molecule has 4 amide bonds. The van der Waals surface area contributed by atoms with E-state index in [2.05, 4.69) is 16.0 Å². The van der Waals surface area contributed by atoms with Gasteiger partial charge in [-0.3, -0.25) is 19.2 Å². The molecule has 0 aromatic heterocycles. The van der Waals surface area contributed by atoms with Crippen LogP contribution in [0.1, 0.15) is 66.2 Å². The van der Waals surface area contributed by atoms with Crippen LogP contribution in [0.3, 0.4) is 0 Å². The van der Waals surface area contributed by atoms with Crippen molar-refractivity contribution in [2.75, 3.05) is 13.6 Å². The lowest BCUT2D eigenvalue weighted by Gasteiger charge is -2.39. The number of ketones is 1. The van der Waals surface area contributed by atoms with Crippen LogP contribution < -0.4 is 16.0 Å². The number of nitrogens with one attached hydrogen (secondary N) is 3. The number of carbonyl (C=O) groups is 5. The third kappa shape index (κ3) is 7.11. The molecular weight excluding hydrogens is 466 g/mol. The second kappa shape index (κ2) is 10.4. The van der Waals surface area contributed by atoms with Gasteiger partial charge in [0.2, 0.25) is 23.5 Å². The Morgan fingerprint density at radius 3 is 2.11 bits per heavy atom. The topological polar surface area (TPSA) is 145 Å². The minimum Gasteiger partial charge on any atom is -0.465 e. The number of carboxylic acid groups (broad SMARTS) is 1. The Bertz CT molecular complexity index is 863. The predicted octanol–water partition coefficient (Wildman–Crippen LogP) is 1.68. The van der Waals surface area contributed by atoms with Gasteiger partial charge in [-0.25, -0.2) is 13.6 Å². The van der Waals surface area contributed by atoms with Crippen molar-refractivity contribution in [3.63, 3.8) is 0 Å². The third-order valence-electron chi connectivity index (χ3n) is 6.84. The molecule has 0 aromatic carbocycles. The number of likely N-dealkylation sites (tertiary alicyclic amines) is 1. The number of hydrogen-bond donors (Lipinski definition) is 4. The van der Waals surface area contributed by atoms with Gasteiger partial charge in [0.1, 0.15) is 12.1 Å². The smallest absolute Gasteiger partial charge is 0.405 e. The molecule has 1 saturated carbocycles. The van der Waals surface area contributed by atoms with Gasteiger partial charge in [0.05, 0.1) is 6.04 Å². The average Bonchev–Trinajstić information content (AvgIpc) is 3.13. The quantitative estimate of drug-likeness (QED) is 0.353. The Morgan fingerprint density at radius 1 is 1.09 bits per heavy atom. The first-order valence-electron chi connectivity index (χ1n) is 11.7. The lowest BCUT2D eigenvalue weighted by Crippen LogP contribution is -2.59. The number of hydrogen-bond acceptors (Lipinski definition) is 5. The highest BCUT2D eigenvalue weighted by molar-refractivity contribution is 6.38. The van der Waals surface area contributed by atoms with Crippen molar-refractivity contribution in [3.8, 4) is 0 Å². The van der Waals surface area contributed by atoms with E-state index in [1.54, 1.807) is 20.8 Å². The summed E-state index contributed by atoms with van der Waals surface area (Å²) in [6, 6.07) is -3.64. The van der Waals surface area contributed by atoms with E-state index in [1.807, 2.05) is 0 Å². The third-order valence-corrected chi connectivity index (χ3v) is 6.84. The maximum absolute atomic E-state index is 13.5. The Balaban J connectivity index is 2.31. The number of halogens is 2. The van der Waals surface area contributed by atoms with E-state index in [0.29, 0.717) is 13.3 Å². The monoisotopic (exact) mass is 502 g/mol. The van der Waals surface area contributed by atoms with E-state index in [-0.39, 0.29) is 12.0 Å². The summed E-state index contributed by atoms with van der Waals surface area (Å²) >= 11 is 0. The number of rotatable bonds is 9. The summed E-state index contributed by atoms with van der Waals surface area (Å²) in [5.41, 5.74) is -1.09. The van der Waals surface area contributed by atoms with Crippen molar-refractivity contribution in [1.82, 2.24) is 20.9 Å². The van der Waals surface area contributed by atoms with Crippen LogP contribution in [0.5, 0.6) is 0 Å². The number of alkyl halides is 2. The zero-order valence-corrected chi connectivity index (χ0v) is 20.9. The average molecular weight is 503 g/mol. The molecule has 1 heterocycles. The van der Waals surface area contributed by atoms with Gasteiger partial charge in [-0.2, -0.15) is 0 Å². The summed E-state index contributed by atoms with van der Waals surface area (Å²) in [4.78, 5) is 63.9. The van der Waals surface area contributed by atoms with Crippen molar-refractivity contribution in [2.24, 2.45) is 10.8 Å². The predicted molar refractivity (Wildman–Crippen MR) is 122 cm³/mol. The van der Waals surface area contributed by atoms with Crippen molar-refractivity contribution in [3.05, 3.63) is 0 Å². The van der Waals surface area contributed by atoms with E-state index in [1.165, 1.54) is 11.9 Å². The molecule has 1 aliphatic heterocycles. The van der Waals surface area contributed by atoms with Crippen LogP contribution in [0.25, 0.3) is 0 Å².